The van der Waals surface area contributed by atoms with Crippen molar-refractivity contribution in [3.05, 3.63) is 112 Å². The highest BCUT2D eigenvalue weighted by atomic mass is 32.1. The molecule has 2 atom stereocenters. The molecule has 3 N–H and O–H groups in total. The second-order valence-electron chi connectivity index (χ2n) is 18.5. The molecule has 4 fully saturated rings. The number of imide groups is 1. The van der Waals surface area contributed by atoms with Crippen LogP contribution in [0.5, 0.6) is 0 Å². The summed E-state index contributed by atoms with van der Waals surface area (Å²) in [6, 6.07) is 17.9. The zero-order valence-corrected chi connectivity index (χ0v) is 36.6. The number of carbonyl (C=O) groups excluding carboxylic acids is 5. The van der Waals surface area contributed by atoms with Crippen LogP contribution in [-0.2, 0) is 38.7 Å². The van der Waals surface area contributed by atoms with E-state index in [1.165, 1.54) is 27.9 Å². The largest absolute Gasteiger partial charge is 0.374 e. The molecule has 5 amide bonds. The average Bonchev–Trinajstić information content (AvgIpc) is 4.10. The molecule has 1 spiro atoms. The van der Waals surface area contributed by atoms with Gasteiger partial charge in [0.2, 0.25) is 17.7 Å². The lowest BCUT2D eigenvalue weighted by Crippen LogP contribution is -2.73. The van der Waals surface area contributed by atoms with Gasteiger partial charge < -0.3 is 24.6 Å². The molecule has 5 aromatic rings. The molecular weight excluding hydrogens is 848 g/mol. The van der Waals surface area contributed by atoms with Gasteiger partial charge in [0.1, 0.15) is 11.9 Å². The van der Waals surface area contributed by atoms with Crippen LogP contribution in [-0.4, -0.2) is 111 Å². The monoisotopic (exact) mass is 902 g/mol. The number of anilines is 3. The number of thiazole rings is 1. The van der Waals surface area contributed by atoms with Gasteiger partial charge in [0, 0.05) is 88.6 Å². The summed E-state index contributed by atoms with van der Waals surface area (Å²) in [5.41, 5.74) is 6.58. The number of benzene rings is 3. The minimum Gasteiger partial charge on any atom is -0.374 e. The van der Waals surface area contributed by atoms with Gasteiger partial charge in [0.05, 0.1) is 25.1 Å². The van der Waals surface area contributed by atoms with E-state index in [9.17, 15) is 24.0 Å². The highest BCUT2D eigenvalue weighted by Gasteiger charge is 2.53. The zero-order chi connectivity index (χ0) is 44.4. The number of hydrogen-bond acceptors (Lipinski definition) is 11. The summed E-state index contributed by atoms with van der Waals surface area (Å²) in [5, 5.41) is 10.7. The first kappa shape index (κ1) is 41.3. The van der Waals surface area contributed by atoms with Crippen molar-refractivity contribution >= 4 is 57.4 Å². The zero-order valence-electron chi connectivity index (χ0n) is 35.8. The predicted molar refractivity (Wildman–Crippen MR) is 248 cm³/mol. The van der Waals surface area contributed by atoms with Crippen molar-refractivity contribution in [2.75, 3.05) is 61.3 Å². The molecule has 0 bridgehead atoms. The van der Waals surface area contributed by atoms with Gasteiger partial charge in [0.15, 0.2) is 11.2 Å². The fraction of sp³-hybridized carbons (Fsp3) is 0.396. The van der Waals surface area contributed by atoms with E-state index >= 15 is 4.39 Å². The number of rotatable bonds is 11. The van der Waals surface area contributed by atoms with E-state index in [2.05, 4.69) is 47.9 Å². The fourth-order valence-electron chi connectivity index (χ4n) is 10.7. The van der Waals surface area contributed by atoms with E-state index in [4.69, 9.17) is 0 Å². The third-order valence-corrected chi connectivity index (χ3v) is 14.9. The van der Waals surface area contributed by atoms with E-state index in [1.807, 2.05) is 45.9 Å². The molecule has 8 heterocycles. The normalized spacial score (nSPS) is 20.8. The Morgan fingerprint density at radius 2 is 1.71 bits per heavy atom. The van der Waals surface area contributed by atoms with Crippen molar-refractivity contribution < 1.29 is 32.6 Å². The Morgan fingerprint density at radius 3 is 2.45 bits per heavy atom. The SMILES string of the molecule is O=C1CCC(Nc2ccc(C3CCN(CC(=O)N4CC5(C4)CN(c4ccc(-c6cc(F)c7c(c6)C(=O)N(C(C(=O)Nc6nccs6)c6ncn8c6CCC8)C7)cc4)C5)CC3)cc2)C(=O)N1.[HH].[HH].[HH]. The van der Waals surface area contributed by atoms with Gasteiger partial charge in [-0.1, -0.05) is 24.3 Å². The Kier molecular flexibility index (Phi) is 10.5. The van der Waals surface area contributed by atoms with Gasteiger partial charge >= 0.3 is 0 Å². The lowest BCUT2D eigenvalue weighted by atomic mass is 9.72. The summed E-state index contributed by atoms with van der Waals surface area (Å²) in [5.74, 6) is -1.24. The quantitative estimate of drug-likeness (QED) is 0.136. The van der Waals surface area contributed by atoms with E-state index in [1.54, 1.807) is 24.0 Å². The number of nitrogens with zero attached hydrogens (tertiary/aromatic N) is 7. The van der Waals surface area contributed by atoms with E-state index in [-0.39, 0.29) is 45.1 Å². The maximum atomic E-state index is 15.9. The molecule has 2 unspecified atom stereocenters. The lowest BCUT2D eigenvalue weighted by molar-refractivity contribution is -0.146. The Balaban J connectivity index is 0.00000208. The number of halogens is 1. The van der Waals surface area contributed by atoms with Crippen molar-refractivity contribution in [2.45, 2.75) is 69.6 Å². The van der Waals surface area contributed by atoms with Gasteiger partial charge in [-0.15, -0.1) is 11.3 Å². The second-order valence-corrected chi connectivity index (χ2v) is 19.4. The van der Waals surface area contributed by atoms with E-state index < -0.39 is 29.7 Å². The van der Waals surface area contributed by atoms with Crippen LogP contribution in [0.25, 0.3) is 11.1 Å². The number of aryl methyl sites for hydroxylation is 1. The van der Waals surface area contributed by atoms with Crippen LogP contribution in [0.1, 0.15) is 81.2 Å². The van der Waals surface area contributed by atoms with Crippen LogP contribution in [0.3, 0.4) is 0 Å². The highest BCUT2D eigenvalue weighted by Crippen LogP contribution is 2.43. The van der Waals surface area contributed by atoms with E-state index in [0.29, 0.717) is 41.7 Å². The van der Waals surface area contributed by atoms with Crippen LogP contribution in [0.15, 0.2) is 78.6 Å². The number of amides is 5. The molecule has 65 heavy (non-hydrogen) atoms. The van der Waals surface area contributed by atoms with Crippen LogP contribution in [0.4, 0.5) is 20.9 Å². The minimum atomic E-state index is -1.05. The first-order chi connectivity index (χ1) is 31.6. The molecule has 0 aliphatic carbocycles. The number of imidazole rings is 1. The average molecular weight is 903 g/mol. The summed E-state index contributed by atoms with van der Waals surface area (Å²) in [6.07, 6.45) is 7.76. The van der Waals surface area contributed by atoms with Crippen molar-refractivity contribution in [2.24, 2.45) is 5.41 Å². The van der Waals surface area contributed by atoms with Gasteiger partial charge in [0.25, 0.3) is 11.8 Å². The minimum absolute atomic E-state index is 0. The summed E-state index contributed by atoms with van der Waals surface area (Å²) in [4.78, 5) is 81.7. The molecule has 0 saturated carbocycles. The summed E-state index contributed by atoms with van der Waals surface area (Å²) < 4.78 is 18.0. The lowest BCUT2D eigenvalue weighted by Gasteiger charge is -2.61. The number of hydrogen-bond donors (Lipinski definition) is 3. The Bertz CT molecular complexity index is 2700. The number of piperidine rings is 2. The number of likely N-dealkylation sites (tertiary alicyclic amines) is 2. The van der Waals surface area contributed by atoms with Gasteiger partial charge in [-0.25, -0.2) is 14.4 Å². The van der Waals surface area contributed by atoms with Crippen LogP contribution >= 0.6 is 11.3 Å². The van der Waals surface area contributed by atoms with Gasteiger partial charge in [-0.05, 0) is 104 Å². The molecule has 4 saturated heterocycles. The van der Waals surface area contributed by atoms with Gasteiger partial charge in [-0.2, -0.15) is 0 Å². The number of fused-ring (bicyclic) bond motifs is 2. The highest BCUT2D eigenvalue weighted by molar-refractivity contribution is 7.13. The fourth-order valence-corrected chi connectivity index (χ4v) is 11.2. The van der Waals surface area contributed by atoms with Crippen molar-refractivity contribution in [1.82, 2.24) is 34.6 Å². The molecule has 11 rings (SSSR count). The summed E-state index contributed by atoms with van der Waals surface area (Å²) in [6.45, 7) is 6.14. The summed E-state index contributed by atoms with van der Waals surface area (Å²) in [7, 11) is 0. The molecule has 3 aromatic carbocycles. The van der Waals surface area contributed by atoms with Crippen molar-refractivity contribution in [1.29, 1.82) is 0 Å². The number of carbonyl (C=O) groups is 5. The molecular formula is C48H55FN10O5S. The first-order valence-corrected chi connectivity index (χ1v) is 23.4. The Hall–Kier alpha value is -6.46. The third-order valence-electron chi connectivity index (χ3n) is 14.2. The molecule has 17 heteroatoms. The third kappa shape index (κ3) is 7.83. The maximum absolute atomic E-state index is 15.9. The summed E-state index contributed by atoms with van der Waals surface area (Å²) >= 11 is 1.28. The molecule has 0 radical (unpaired) electrons. The molecule has 2 aromatic heterocycles. The first-order valence-electron chi connectivity index (χ1n) is 22.5. The van der Waals surface area contributed by atoms with Crippen molar-refractivity contribution in [3.63, 3.8) is 0 Å². The predicted octanol–water partition coefficient (Wildman–Crippen LogP) is 5.91. The van der Waals surface area contributed by atoms with Gasteiger partial charge in [-0.3, -0.25) is 39.5 Å². The van der Waals surface area contributed by atoms with Crippen LogP contribution < -0.4 is 20.9 Å². The standard InChI is InChI=1S/C48H49FN10O5S.3H2/c49-37-21-32(20-35-36(37)22-59(46(35)64)43(45(63)54-47-50-15-19-65-47)42-39-2-1-16-56(39)28-51-42)30-5-9-34(10-6-30)57-24-48(25-57)26-58(27-48)41(61)23-55-17-13-31(14-18-55)29-3-7-33(8-4-29)52-38-11-12-40(60)53-44(38)62;;;/h3-10,15,19-21,28,31,38,43,52H,1-2,11-14,16-18,22-27H2,(H,50,54,63)(H,53,60,62);3*1H. The Labute approximate surface area is 383 Å². The Morgan fingerprint density at radius 1 is 0.923 bits per heavy atom. The van der Waals surface area contributed by atoms with Crippen LogP contribution in [0, 0.1) is 11.2 Å². The topological polar surface area (TPSA) is 165 Å². The molecule has 6 aliphatic heterocycles. The van der Waals surface area contributed by atoms with Crippen molar-refractivity contribution in [3.8, 4) is 11.1 Å². The maximum Gasteiger partial charge on any atom is 0.255 e. The number of aromatic nitrogens is 3. The van der Waals surface area contributed by atoms with Crippen LogP contribution in [0.2, 0.25) is 0 Å². The van der Waals surface area contributed by atoms with E-state index in [0.717, 1.165) is 94.1 Å². The smallest absolute Gasteiger partial charge is 0.255 e. The molecule has 15 nitrogen and oxygen atoms in total. The second kappa shape index (κ2) is 16.5. The molecule has 340 valence electrons. The number of nitrogens with one attached hydrogen (secondary N) is 3. The molecule has 6 aliphatic rings.